The molecule has 0 aliphatic carbocycles. The zero-order valence-corrected chi connectivity index (χ0v) is 11.8. The molecule has 0 radical (unpaired) electrons. The van der Waals surface area contributed by atoms with Crippen LogP contribution in [0.5, 0.6) is 0 Å². The monoisotopic (exact) mass is 283 g/mol. The topological polar surface area (TPSA) is 77.4 Å². The van der Waals surface area contributed by atoms with Gasteiger partial charge in [0.1, 0.15) is 24.3 Å². The molecule has 0 aliphatic rings. The molecule has 1 N–H and O–H groups in total. The van der Waals surface area contributed by atoms with Crippen LogP contribution in [0.25, 0.3) is 5.69 Å². The zero-order chi connectivity index (χ0) is 15.4. The maximum absolute atomic E-state index is 14.3. The number of nitrogens with zero attached hydrogens (tertiary/aromatic N) is 4. The van der Waals surface area contributed by atoms with Gasteiger partial charge in [0.2, 0.25) is 0 Å². The molecule has 5 nitrogen and oxygen atoms in total. The summed E-state index contributed by atoms with van der Waals surface area (Å²) in [5.74, 6) is -0.462. The maximum Gasteiger partial charge on any atom is 0.177 e. The van der Waals surface area contributed by atoms with E-state index in [1.807, 2.05) is 26.0 Å². The van der Waals surface area contributed by atoms with E-state index >= 15 is 0 Å². The first-order valence-corrected chi connectivity index (χ1v) is 6.53. The number of hydrogen-bond acceptors (Lipinski definition) is 4. The number of rotatable bonds is 4. The summed E-state index contributed by atoms with van der Waals surface area (Å²) in [6.45, 7) is 4.60. The predicted octanol–water partition coefficient (Wildman–Crippen LogP) is 2.43. The number of hydrogen-bond donors (Lipinski definition) is 1. The molecule has 0 saturated heterocycles. The van der Waals surface area contributed by atoms with Crippen LogP contribution in [0.4, 0.5) is 4.39 Å². The third kappa shape index (κ3) is 2.62. The summed E-state index contributed by atoms with van der Waals surface area (Å²) in [7, 11) is 0. The first kappa shape index (κ1) is 14.7. The molecule has 0 bridgehead atoms. The zero-order valence-electron chi connectivity index (χ0n) is 11.8. The second kappa shape index (κ2) is 6.17. The van der Waals surface area contributed by atoms with Gasteiger partial charge in [-0.05, 0) is 25.1 Å². The molecule has 2 aromatic rings. The second-order valence-electron chi connectivity index (χ2n) is 4.49. The highest BCUT2D eigenvalue weighted by Gasteiger charge is 2.20. The van der Waals surface area contributed by atoms with Gasteiger partial charge in [-0.25, -0.2) is 9.37 Å². The molecule has 106 valence electrons. The Morgan fingerprint density at radius 2 is 2.14 bits per heavy atom. The number of aromatic nitrogens is 2. The van der Waals surface area contributed by atoms with Crippen molar-refractivity contribution in [1.29, 1.82) is 10.5 Å². The van der Waals surface area contributed by atoms with Crippen LogP contribution in [-0.2, 0) is 0 Å². The molecule has 1 aromatic heterocycles. The van der Waals surface area contributed by atoms with E-state index in [4.69, 9.17) is 5.26 Å². The van der Waals surface area contributed by atoms with Crippen molar-refractivity contribution in [2.75, 3.05) is 6.54 Å². The Balaban J connectivity index is 2.67. The number of imidazole rings is 1. The Morgan fingerprint density at radius 1 is 1.38 bits per heavy atom. The lowest BCUT2D eigenvalue weighted by Gasteiger charge is -2.18. The van der Waals surface area contributed by atoms with Crippen LogP contribution in [0.2, 0.25) is 0 Å². The Hall–Kier alpha value is -2.70. The minimum Gasteiger partial charge on any atom is -0.310 e. The van der Waals surface area contributed by atoms with Crippen LogP contribution in [-0.4, -0.2) is 16.1 Å². The van der Waals surface area contributed by atoms with Crippen molar-refractivity contribution in [2.24, 2.45) is 0 Å². The minimum atomic E-state index is -0.462. The van der Waals surface area contributed by atoms with Gasteiger partial charge < -0.3 is 5.32 Å². The maximum atomic E-state index is 14.3. The van der Waals surface area contributed by atoms with E-state index in [0.717, 1.165) is 6.54 Å². The predicted molar refractivity (Wildman–Crippen MR) is 75.0 cm³/mol. The fourth-order valence-electron chi connectivity index (χ4n) is 2.26. The molecular formula is C15H14FN5. The minimum absolute atomic E-state index is 0.0113. The quantitative estimate of drug-likeness (QED) is 0.934. The molecule has 1 unspecified atom stereocenters. The lowest BCUT2D eigenvalue weighted by atomic mass is 10.1. The number of benzene rings is 1. The van der Waals surface area contributed by atoms with Crippen molar-refractivity contribution < 1.29 is 4.39 Å². The largest absolute Gasteiger partial charge is 0.310 e. The normalized spacial score (nSPS) is 11.7. The van der Waals surface area contributed by atoms with Gasteiger partial charge in [-0.3, -0.25) is 4.57 Å². The van der Waals surface area contributed by atoms with Gasteiger partial charge in [-0.15, -0.1) is 0 Å². The van der Waals surface area contributed by atoms with E-state index in [-0.39, 0.29) is 23.1 Å². The van der Waals surface area contributed by atoms with Crippen molar-refractivity contribution in [3.63, 3.8) is 0 Å². The van der Waals surface area contributed by atoms with Crippen LogP contribution < -0.4 is 5.32 Å². The number of nitrogens with one attached hydrogen (secondary N) is 1. The van der Waals surface area contributed by atoms with Crippen molar-refractivity contribution >= 4 is 0 Å². The average molecular weight is 283 g/mol. The standard InChI is InChI=1S/C15H14FN5/c1-3-19-10(2)11-5-4-6-12(16)15(11)21-9-20-13(7-17)14(21)8-18/h4-6,9-10,19H,3H2,1-2H3. The first-order chi connectivity index (χ1) is 10.1. The first-order valence-electron chi connectivity index (χ1n) is 6.53. The third-order valence-corrected chi connectivity index (χ3v) is 3.22. The van der Waals surface area contributed by atoms with Gasteiger partial charge in [0.05, 0.1) is 5.69 Å². The average Bonchev–Trinajstić information content (AvgIpc) is 2.89. The van der Waals surface area contributed by atoms with Gasteiger partial charge in [0, 0.05) is 6.04 Å². The van der Waals surface area contributed by atoms with Crippen LogP contribution in [0.1, 0.15) is 36.8 Å². The highest BCUT2D eigenvalue weighted by molar-refractivity contribution is 5.50. The highest BCUT2D eigenvalue weighted by atomic mass is 19.1. The second-order valence-corrected chi connectivity index (χ2v) is 4.49. The number of nitriles is 2. The molecule has 0 saturated carbocycles. The molecule has 1 aromatic carbocycles. The fraction of sp³-hybridized carbons (Fsp3) is 0.267. The van der Waals surface area contributed by atoms with Crippen molar-refractivity contribution in [2.45, 2.75) is 19.9 Å². The van der Waals surface area contributed by atoms with Crippen LogP contribution in [0.15, 0.2) is 24.5 Å². The Morgan fingerprint density at radius 3 is 2.76 bits per heavy atom. The summed E-state index contributed by atoms with van der Waals surface area (Å²) in [6, 6.07) is 8.39. The molecule has 21 heavy (non-hydrogen) atoms. The molecule has 6 heteroatoms. The lowest BCUT2D eigenvalue weighted by Crippen LogP contribution is -2.20. The lowest BCUT2D eigenvalue weighted by molar-refractivity contribution is 0.575. The molecule has 1 heterocycles. The van der Waals surface area contributed by atoms with Crippen molar-refractivity contribution in [1.82, 2.24) is 14.9 Å². The molecule has 2 rings (SSSR count). The SMILES string of the molecule is CCNC(C)c1cccc(F)c1-n1cnc(C#N)c1C#N. The van der Waals surface area contributed by atoms with Crippen LogP contribution in [0.3, 0.4) is 0 Å². The van der Waals surface area contributed by atoms with Gasteiger partial charge in [-0.1, -0.05) is 19.1 Å². The Kier molecular flexibility index (Phi) is 4.32. The van der Waals surface area contributed by atoms with Gasteiger partial charge in [0.25, 0.3) is 0 Å². The van der Waals surface area contributed by atoms with Gasteiger partial charge in [0.15, 0.2) is 11.4 Å². The summed E-state index contributed by atoms with van der Waals surface area (Å²) in [4.78, 5) is 3.86. The number of para-hydroxylation sites is 1. The van der Waals surface area contributed by atoms with Crippen LogP contribution in [0, 0.1) is 28.5 Å². The van der Waals surface area contributed by atoms with Crippen molar-refractivity contribution in [3.8, 4) is 17.8 Å². The number of halogens is 1. The van der Waals surface area contributed by atoms with Gasteiger partial charge >= 0.3 is 0 Å². The molecule has 0 spiro atoms. The van der Waals surface area contributed by atoms with E-state index in [2.05, 4.69) is 10.3 Å². The molecule has 0 aliphatic heterocycles. The Bertz CT molecular complexity index is 735. The summed E-state index contributed by atoms with van der Waals surface area (Å²) < 4.78 is 15.6. The van der Waals surface area contributed by atoms with Crippen LogP contribution >= 0.6 is 0 Å². The molecular weight excluding hydrogens is 269 g/mol. The fourth-order valence-corrected chi connectivity index (χ4v) is 2.26. The van der Waals surface area contributed by atoms with E-state index in [9.17, 15) is 9.65 Å². The van der Waals surface area contributed by atoms with E-state index < -0.39 is 5.82 Å². The van der Waals surface area contributed by atoms with E-state index in [1.165, 1.54) is 17.0 Å². The molecule has 1 atom stereocenters. The summed E-state index contributed by atoms with van der Waals surface area (Å²) in [6.07, 6.45) is 1.30. The summed E-state index contributed by atoms with van der Waals surface area (Å²) in [5.41, 5.74) is 0.974. The van der Waals surface area contributed by atoms with Crippen molar-refractivity contribution in [3.05, 3.63) is 47.3 Å². The third-order valence-electron chi connectivity index (χ3n) is 3.22. The van der Waals surface area contributed by atoms with E-state index in [1.54, 1.807) is 12.1 Å². The highest BCUT2D eigenvalue weighted by Crippen LogP contribution is 2.26. The molecule has 0 fully saturated rings. The van der Waals surface area contributed by atoms with Gasteiger partial charge in [-0.2, -0.15) is 10.5 Å². The Labute approximate surface area is 122 Å². The summed E-state index contributed by atoms with van der Waals surface area (Å²) >= 11 is 0. The van der Waals surface area contributed by atoms with E-state index in [0.29, 0.717) is 5.56 Å². The summed E-state index contributed by atoms with van der Waals surface area (Å²) in [5, 5.41) is 21.4. The molecule has 0 amide bonds. The smallest absolute Gasteiger partial charge is 0.177 e.